The fourth-order valence-corrected chi connectivity index (χ4v) is 5.49. The molecule has 0 radical (unpaired) electrons. The molecule has 4 rings (SSSR count). The van der Waals surface area contributed by atoms with Crippen LogP contribution >= 0.6 is 27.5 Å². The molecule has 0 heterocycles. The molecule has 0 saturated heterocycles. The van der Waals surface area contributed by atoms with Gasteiger partial charge >= 0.3 is 0 Å². The summed E-state index contributed by atoms with van der Waals surface area (Å²) in [4.78, 5) is 29.4. The highest BCUT2D eigenvalue weighted by atomic mass is 79.9. The van der Waals surface area contributed by atoms with Crippen molar-refractivity contribution >= 4 is 39.3 Å². The van der Waals surface area contributed by atoms with E-state index in [1.165, 1.54) is 6.42 Å². The van der Waals surface area contributed by atoms with E-state index in [2.05, 4.69) is 21.2 Å². The van der Waals surface area contributed by atoms with Crippen molar-refractivity contribution in [2.75, 3.05) is 0 Å². The van der Waals surface area contributed by atoms with Gasteiger partial charge in [-0.3, -0.25) is 9.59 Å². The molecule has 1 saturated carbocycles. The third kappa shape index (κ3) is 7.44. The smallest absolute Gasteiger partial charge is 0.243 e. The van der Waals surface area contributed by atoms with Crippen molar-refractivity contribution in [3.63, 3.8) is 0 Å². The third-order valence-corrected chi connectivity index (χ3v) is 7.63. The van der Waals surface area contributed by atoms with Crippen LogP contribution in [0.3, 0.4) is 0 Å². The summed E-state index contributed by atoms with van der Waals surface area (Å²) in [6.07, 6.45) is 6.03. The van der Waals surface area contributed by atoms with Crippen LogP contribution in [-0.4, -0.2) is 28.8 Å². The van der Waals surface area contributed by atoms with Crippen molar-refractivity contribution in [3.8, 4) is 0 Å². The lowest BCUT2D eigenvalue weighted by Gasteiger charge is -2.33. The van der Waals surface area contributed by atoms with Gasteiger partial charge in [0.1, 0.15) is 6.04 Å². The van der Waals surface area contributed by atoms with Crippen molar-refractivity contribution in [1.82, 2.24) is 10.2 Å². The monoisotopic (exact) mass is 566 g/mol. The Morgan fingerprint density at radius 1 is 0.917 bits per heavy atom. The topological polar surface area (TPSA) is 49.4 Å². The standard InChI is InChI=1S/C30H32BrClN2O2/c31-25-14-9-12-23(18-25)21-34(29(35)20-24-13-7-8-17-27(24)32)28(19-22-10-3-1-4-11-22)30(36)33-26-15-5-2-6-16-26/h1,3-4,7-14,17-18,26,28H,2,5-6,15-16,19-21H2,(H,33,36)/t28-/m0/s1. The van der Waals surface area contributed by atoms with Crippen molar-refractivity contribution in [2.45, 2.75) is 63.6 Å². The van der Waals surface area contributed by atoms with Gasteiger partial charge in [-0.25, -0.2) is 0 Å². The van der Waals surface area contributed by atoms with Crippen LogP contribution in [-0.2, 0) is 29.0 Å². The molecule has 1 aliphatic carbocycles. The number of nitrogens with one attached hydrogen (secondary N) is 1. The van der Waals surface area contributed by atoms with Gasteiger partial charge in [-0.15, -0.1) is 0 Å². The molecule has 3 aromatic carbocycles. The number of nitrogens with zero attached hydrogens (tertiary/aromatic N) is 1. The van der Waals surface area contributed by atoms with Crippen LogP contribution < -0.4 is 5.32 Å². The van der Waals surface area contributed by atoms with Crippen molar-refractivity contribution in [2.24, 2.45) is 0 Å². The van der Waals surface area contributed by atoms with Crippen molar-refractivity contribution < 1.29 is 9.59 Å². The fraction of sp³-hybridized carbons (Fsp3) is 0.333. The molecule has 1 fully saturated rings. The molecule has 0 aliphatic heterocycles. The lowest BCUT2D eigenvalue weighted by molar-refractivity contribution is -0.141. The molecule has 4 nitrogen and oxygen atoms in total. The minimum absolute atomic E-state index is 0.0896. The molecule has 1 aliphatic rings. The summed E-state index contributed by atoms with van der Waals surface area (Å²) in [6, 6.07) is 24.7. The first-order valence-electron chi connectivity index (χ1n) is 12.6. The maximum Gasteiger partial charge on any atom is 0.243 e. The van der Waals surface area contributed by atoms with Crippen LogP contribution in [0.2, 0.25) is 5.02 Å². The summed E-state index contributed by atoms with van der Waals surface area (Å²) < 4.78 is 0.935. The number of halogens is 2. The van der Waals surface area contributed by atoms with Gasteiger partial charge in [0.25, 0.3) is 0 Å². The molecule has 0 unspecified atom stereocenters. The van der Waals surface area contributed by atoms with E-state index in [0.29, 0.717) is 18.0 Å². The zero-order chi connectivity index (χ0) is 25.3. The van der Waals surface area contributed by atoms with Gasteiger partial charge in [0.2, 0.25) is 11.8 Å². The molecule has 1 N–H and O–H groups in total. The summed E-state index contributed by atoms with van der Waals surface area (Å²) in [5, 5.41) is 3.83. The summed E-state index contributed by atoms with van der Waals surface area (Å²) >= 11 is 9.94. The lowest BCUT2D eigenvalue weighted by Crippen LogP contribution is -2.53. The number of carbonyl (C=O) groups is 2. The van der Waals surface area contributed by atoms with E-state index >= 15 is 0 Å². The average Bonchev–Trinajstić information content (AvgIpc) is 2.88. The minimum Gasteiger partial charge on any atom is -0.352 e. The number of rotatable bonds is 9. The second kappa shape index (κ2) is 13.1. The summed E-state index contributed by atoms with van der Waals surface area (Å²) in [6.45, 7) is 0.332. The zero-order valence-corrected chi connectivity index (χ0v) is 22.7. The summed E-state index contributed by atoms with van der Waals surface area (Å²) in [5.41, 5.74) is 2.74. The molecule has 0 spiro atoms. The summed E-state index contributed by atoms with van der Waals surface area (Å²) in [7, 11) is 0. The van der Waals surface area contributed by atoms with Crippen LogP contribution in [0.15, 0.2) is 83.3 Å². The van der Waals surface area contributed by atoms with E-state index in [0.717, 1.165) is 46.8 Å². The van der Waals surface area contributed by atoms with Gasteiger partial charge in [-0.2, -0.15) is 0 Å². The van der Waals surface area contributed by atoms with E-state index in [9.17, 15) is 9.59 Å². The van der Waals surface area contributed by atoms with Gasteiger partial charge in [-0.05, 0) is 47.7 Å². The van der Waals surface area contributed by atoms with E-state index in [1.54, 1.807) is 11.0 Å². The van der Waals surface area contributed by atoms with Crippen molar-refractivity contribution in [1.29, 1.82) is 0 Å². The quantitative estimate of drug-likeness (QED) is 0.312. The van der Waals surface area contributed by atoms with E-state index in [1.807, 2.05) is 72.8 Å². The van der Waals surface area contributed by atoms with Crippen LogP contribution in [0, 0.1) is 0 Å². The highest BCUT2D eigenvalue weighted by Crippen LogP contribution is 2.23. The number of hydrogen-bond acceptors (Lipinski definition) is 2. The van der Waals surface area contributed by atoms with Gasteiger partial charge < -0.3 is 10.2 Å². The van der Waals surface area contributed by atoms with E-state index in [4.69, 9.17) is 11.6 Å². The number of benzene rings is 3. The van der Waals surface area contributed by atoms with Crippen LogP contribution in [0.1, 0.15) is 48.8 Å². The molecule has 0 aromatic heterocycles. The predicted molar refractivity (Wildman–Crippen MR) is 149 cm³/mol. The highest BCUT2D eigenvalue weighted by molar-refractivity contribution is 9.10. The van der Waals surface area contributed by atoms with E-state index in [-0.39, 0.29) is 24.3 Å². The van der Waals surface area contributed by atoms with Gasteiger partial charge in [0.15, 0.2) is 0 Å². The Morgan fingerprint density at radius 3 is 2.33 bits per heavy atom. The highest BCUT2D eigenvalue weighted by Gasteiger charge is 2.32. The predicted octanol–water partition coefficient (Wildman–Crippen LogP) is 6.73. The normalized spacial score (nSPS) is 14.7. The second-order valence-electron chi connectivity index (χ2n) is 9.47. The maximum atomic E-state index is 13.9. The first kappa shape index (κ1) is 26.4. The largest absolute Gasteiger partial charge is 0.352 e. The van der Waals surface area contributed by atoms with Crippen molar-refractivity contribution in [3.05, 3.63) is 105 Å². The molecule has 36 heavy (non-hydrogen) atoms. The molecule has 6 heteroatoms. The Hall–Kier alpha value is -2.63. The first-order valence-corrected chi connectivity index (χ1v) is 13.8. The minimum atomic E-state index is -0.636. The number of amides is 2. The maximum absolute atomic E-state index is 13.9. The average molecular weight is 568 g/mol. The molecular formula is C30H32BrClN2O2. The third-order valence-electron chi connectivity index (χ3n) is 6.76. The van der Waals surface area contributed by atoms with Crippen LogP contribution in [0.25, 0.3) is 0 Å². The number of carbonyl (C=O) groups excluding carboxylic acids is 2. The van der Waals surface area contributed by atoms with E-state index < -0.39 is 6.04 Å². The second-order valence-corrected chi connectivity index (χ2v) is 10.8. The Morgan fingerprint density at radius 2 is 1.61 bits per heavy atom. The molecule has 3 aromatic rings. The Bertz CT molecular complexity index is 1160. The molecular weight excluding hydrogens is 536 g/mol. The lowest BCUT2D eigenvalue weighted by atomic mass is 9.94. The Kier molecular flexibility index (Phi) is 9.60. The SMILES string of the molecule is O=C(NC1CCCCC1)[C@H](Cc1ccccc1)N(Cc1cccc(Br)c1)C(=O)Cc1ccccc1Cl. The zero-order valence-electron chi connectivity index (χ0n) is 20.3. The Labute approximate surface area is 227 Å². The fourth-order valence-electron chi connectivity index (χ4n) is 4.84. The Balaban J connectivity index is 1.66. The summed E-state index contributed by atoms with van der Waals surface area (Å²) in [5.74, 6) is -0.212. The van der Waals surface area contributed by atoms with Gasteiger partial charge in [-0.1, -0.05) is 107 Å². The molecule has 2 amide bonds. The number of hydrogen-bond donors (Lipinski definition) is 1. The molecule has 188 valence electrons. The molecule has 0 bridgehead atoms. The first-order chi connectivity index (χ1) is 17.5. The van der Waals surface area contributed by atoms with Crippen LogP contribution in [0.5, 0.6) is 0 Å². The van der Waals surface area contributed by atoms with Gasteiger partial charge in [0.05, 0.1) is 6.42 Å². The van der Waals surface area contributed by atoms with Gasteiger partial charge in [0, 0.05) is 28.5 Å². The molecule has 1 atom stereocenters. The van der Waals surface area contributed by atoms with Crippen LogP contribution in [0.4, 0.5) is 0 Å².